The Morgan fingerprint density at radius 2 is 2.15 bits per heavy atom. The zero-order chi connectivity index (χ0) is 18.7. The van der Waals surface area contributed by atoms with E-state index < -0.39 is 24.0 Å². The molecule has 26 heavy (non-hydrogen) atoms. The predicted octanol–water partition coefficient (Wildman–Crippen LogP) is 1.69. The Balaban J connectivity index is 1.79. The number of nitrogens with one attached hydrogen (secondary N) is 2. The number of hydrogen-bond acceptors (Lipinski definition) is 6. The summed E-state index contributed by atoms with van der Waals surface area (Å²) in [6, 6.07) is 6.43. The van der Waals surface area contributed by atoms with E-state index in [-0.39, 0.29) is 18.0 Å². The summed E-state index contributed by atoms with van der Waals surface area (Å²) in [5, 5.41) is 3.63. The van der Waals surface area contributed by atoms with Crippen molar-refractivity contribution in [3.05, 3.63) is 53.9 Å². The van der Waals surface area contributed by atoms with Gasteiger partial charge in [-0.2, -0.15) is 0 Å². The molecule has 0 bridgehead atoms. The normalized spacial score (nSPS) is 13.3. The first-order valence-corrected chi connectivity index (χ1v) is 8.14. The van der Waals surface area contributed by atoms with Crippen molar-refractivity contribution in [1.82, 2.24) is 15.3 Å². The highest BCUT2D eigenvalue weighted by Crippen LogP contribution is 2.19. The fourth-order valence-corrected chi connectivity index (χ4v) is 2.69. The highest BCUT2D eigenvalue weighted by Gasteiger charge is 2.25. The number of benzene rings is 1. The average Bonchev–Trinajstić information content (AvgIpc) is 3.28. The van der Waals surface area contributed by atoms with Crippen LogP contribution >= 0.6 is 0 Å². The Labute approximate surface area is 149 Å². The van der Waals surface area contributed by atoms with Gasteiger partial charge in [0, 0.05) is 23.5 Å². The first-order valence-electron chi connectivity index (χ1n) is 8.14. The highest BCUT2D eigenvalue weighted by atomic mass is 16.5. The zero-order valence-corrected chi connectivity index (χ0v) is 14.5. The number of methoxy groups -OCH3 is 1. The molecule has 0 aliphatic heterocycles. The third-order valence-corrected chi connectivity index (χ3v) is 4.03. The van der Waals surface area contributed by atoms with Crippen molar-refractivity contribution in [2.45, 2.75) is 25.4 Å². The minimum absolute atomic E-state index is 0.0603. The molecular formula is C18H20N4O4. The molecule has 8 heteroatoms. The van der Waals surface area contributed by atoms with Crippen molar-refractivity contribution >= 4 is 22.8 Å². The lowest BCUT2D eigenvalue weighted by atomic mass is 10.0. The fraction of sp³-hybridized carbons (Fsp3) is 0.278. The molecule has 136 valence electrons. The smallest absolute Gasteiger partial charge is 0.328 e. The number of amides is 1. The van der Waals surface area contributed by atoms with Gasteiger partial charge in [0.05, 0.1) is 13.2 Å². The van der Waals surface area contributed by atoms with Crippen molar-refractivity contribution in [3.63, 3.8) is 0 Å². The van der Waals surface area contributed by atoms with Gasteiger partial charge in [-0.1, -0.05) is 18.2 Å². The maximum absolute atomic E-state index is 12.4. The summed E-state index contributed by atoms with van der Waals surface area (Å²) >= 11 is 0. The van der Waals surface area contributed by atoms with E-state index in [1.165, 1.54) is 13.4 Å². The first kappa shape index (κ1) is 17.7. The molecule has 2 atom stereocenters. The number of ether oxygens (including phenoxy) is 1. The highest BCUT2D eigenvalue weighted by molar-refractivity contribution is 5.95. The SMILES string of the molecule is COC(=O)C(Cc1c[nH]c2ccccc12)NC(=O)c1coc(C(C)N)n1. The number of oxazole rings is 1. The second-order valence-electron chi connectivity index (χ2n) is 5.97. The van der Waals surface area contributed by atoms with E-state index in [0.717, 1.165) is 16.5 Å². The molecule has 1 amide bonds. The van der Waals surface area contributed by atoms with Crippen LogP contribution in [0.1, 0.15) is 34.9 Å². The van der Waals surface area contributed by atoms with Gasteiger partial charge >= 0.3 is 5.97 Å². The Hall–Kier alpha value is -3.13. The maximum Gasteiger partial charge on any atom is 0.328 e. The minimum atomic E-state index is -0.859. The van der Waals surface area contributed by atoms with E-state index in [0.29, 0.717) is 0 Å². The third kappa shape index (κ3) is 3.60. The molecule has 3 rings (SSSR count). The van der Waals surface area contributed by atoms with Gasteiger partial charge in [0.1, 0.15) is 12.3 Å². The summed E-state index contributed by atoms with van der Waals surface area (Å²) in [6.45, 7) is 1.70. The molecule has 2 unspecified atom stereocenters. The molecule has 3 aromatic rings. The molecule has 0 radical (unpaired) electrons. The number of esters is 1. The zero-order valence-electron chi connectivity index (χ0n) is 14.5. The number of aromatic amines is 1. The van der Waals surface area contributed by atoms with Gasteiger partial charge in [-0.15, -0.1) is 0 Å². The van der Waals surface area contributed by atoms with Gasteiger partial charge in [-0.05, 0) is 18.6 Å². The van der Waals surface area contributed by atoms with Crippen LogP contribution in [0.15, 0.2) is 41.1 Å². The van der Waals surface area contributed by atoms with E-state index in [1.54, 1.807) is 6.92 Å². The second kappa shape index (κ2) is 7.40. The number of fused-ring (bicyclic) bond motifs is 1. The number of nitrogens with two attached hydrogens (primary N) is 1. The number of carbonyl (C=O) groups is 2. The molecule has 1 aromatic carbocycles. The largest absolute Gasteiger partial charge is 0.467 e. The summed E-state index contributed by atoms with van der Waals surface area (Å²) in [5.74, 6) is -0.822. The summed E-state index contributed by atoms with van der Waals surface area (Å²) in [7, 11) is 1.28. The van der Waals surface area contributed by atoms with E-state index in [9.17, 15) is 9.59 Å². The lowest BCUT2D eigenvalue weighted by Gasteiger charge is -2.15. The van der Waals surface area contributed by atoms with Gasteiger partial charge in [0.15, 0.2) is 5.69 Å². The Kier molecular flexibility index (Phi) is 5.04. The summed E-state index contributed by atoms with van der Waals surface area (Å²) < 4.78 is 9.99. The average molecular weight is 356 g/mol. The van der Waals surface area contributed by atoms with Crippen molar-refractivity contribution < 1.29 is 18.7 Å². The van der Waals surface area contributed by atoms with Crippen LogP contribution in [0.25, 0.3) is 10.9 Å². The molecule has 0 saturated carbocycles. The number of carbonyl (C=O) groups excluding carboxylic acids is 2. The van der Waals surface area contributed by atoms with E-state index in [4.69, 9.17) is 14.9 Å². The summed E-state index contributed by atoms with van der Waals surface area (Å²) in [4.78, 5) is 31.7. The number of nitrogens with zero attached hydrogens (tertiary/aromatic N) is 1. The topological polar surface area (TPSA) is 123 Å². The van der Waals surface area contributed by atoms with Gasteiger partial charge in [-0.25, -0.2) is 9.78 Å². The van der Waals surface area contributed by atoms with Gasteiger partial charge in [-0.3, -0.25) is 4.79 Å². The molecular weight excluding hydrogens is 336 g/mol. The van der Waals surface area contributed by atoms with Crippen LogP contribution in [0, 0.1) is 0 Å². The standard InChI is InChI=1S/C18H20N4O4/c1-10(19)17-22-15(9-26-17)16(23)21-14(18(24)25-2)7-11-8-20-13-6-4-3-5-12(11)13/h3-6,8-10,14,20H,7,19H2,1-2H3,(H,21,23). The molecule has 0 spiro atoms. The van der Waals surface area contributed by atoms with E-state index in [1.807, 2.05) is 30.5 Å². The summed E-state index contributed by atoms with van der Waals surface area (Å²) in [6.07, 6.45) is 3.31. The molecule has 0 fully saturated rings. The molecule has 0 aliphatic rings. The monoisotopic (exact) mass is 356 g/mol. The number of aromatic nitrogens is 2. The van der Waals surface area contributed by atoms with Crippen molar-refractivity contribution in [2.75, 3.05) is 7.11 Å². The van der Waals surface area contributed by atoms with Crippen LogP contribution in [-0.2, 0) is 16.0 Å². The number of hydrogen-bond donors (Lipinski definition) is 3. The third-order valence-electron chi connectivity index (χ3n) is 4.03. The Bertz CT molecular complexity index is 928. The molecule has 2 heterocycles. The number of para-hydroxylation sites is 1. The minimum Gasteiger partial charge on any atom is -0.467 e. The summed E-state index contributed by atoms with van der Waals surface area (Å²) in [5.41, 5.74) is 7.59. The lowest BCUT2D eigenvalue weighted by molar-refractivity contribution is -0.142. The van der Waals surface area contributed by atoms with Crippen LogP contribution in [-0.4, -0.2) is 35.0 Å². The van der Waals surface area contributed by atoms with Crippen LogP contribution < -0.4 is 11.1 Å². The van der Waals surface area contributed by atoms with Crippen LogP contribution in [0.3, 0.4) is 0 Å². The van der Waals surface area contributed by atoms with Crippen LogP contribution in [0.4, 0.5) is 0 Å². The van der Waals surface area contributed by atoms with Crippen molar-refractivity contribution in [3.8, 4) is 0 Å². The van der Waals surface area contributed by atoms with Crippen molar-refractivity contribution in [1.29, 1.82) is 0 Å². The first-order chi connectivity index (χ1) is 12.5. The van der Waals surface area contributed by atoms with Crippen LogP contribution in [0.2, 0.25) is 0 Å². The van der Waals surface area contributed by atoms with Gasteiger partial charge < -0.3 is 25.2 Å². The molecule has 4 N–H and O–H groups in total. The molecule has 2 aromatic heterocycles. The maximum atomic E-state index is 12.4. The predicted molar refractivity (Wildman–Crippen MR) is 94.4 cm³/mol. The number of H-pyrrole nitrogens is 1. The quantitative estimate of drug-likeness (QED) is 0.578. The molecule has 0 saturated heterocycles. The number of rotatable bonds is 6. The van der Waals surface area contributed by atoms with Gasteiger partial charge in [0.25, 0.3) is 5.91 Å². The second-order valence-corrected chi connectivity index (χ2v) is 5.97. The fourth-order valence-electron chi connectivity index (χ4n) is 2.69. The molecule has 0 aliphatic carbocycles. The van der Waals surface area contributed by atoms with Gasteiger partial charge in [0.2, 0.25) is 5.89 Å². The van der Waals surface area contributed by atoms with Crippen molar-refractivity contribution in [2.24, 2.45) is 5.73 Å². The van der Waals surface area contributed by atoms with E-state index in [2.05, 4.69) is 15.3 Å². The Morgan fingerprint density at radius 3 is 2.85 bits per heavy atom. The Morgan fingerprint density at radius 1 is 1.38 bits per heavy atom. The van der Waals surface area contributed by atoms with Crippen LogP contribution in [0.5, 0.6) is 0 Å². The molecule has 8 nitrogen and oxygen atoms in total. The van der Waals surface area contributed by atoms with E-state index >= 15 is 0 Å². The lowest BCUT2D eigenvalue weighted by Crippen LogP contribution is -2.43.